The zero-order chi connectivity index (χ0) is 13.6. The number of alkyl halides is 3. The molecule has 9 heteroatoms. The predicted octanol–water partition coefficient (Wildman–Crippen LogP) is 1.33. The number of alkyl carbamates (subject to hydrolysis) is 1. The molecular weight excluding hydrogens is 273 g/mol. The summed E-state index contributed by atoms with van der Waals surface area (Å²) in [4.78, 5) is 15.0. The second-order valence-electron chi connectivity index (χ2n) is 3.35. The van der Waals surface area contributed by atoms with Crippen molar-refractivity contribution in [1.82, 2.24) is 10.3 Å². The topological polar surface area (TPSA) is 71.5 Å². The Hall–Kier alpha value is -1.35. The van der Waals surface area contributed by atoms with Crippen molar-refractivity contribution in [2.24, 2.45) is 0 Å². The number of nitrogens with zero attached hydrogens (tertiary/aromatic N) is 1. The Morgan fingerprint density at radius 1 is 1.61 bits per heavy atom. The molecule has 1 atom stereocenters. The highest BCUT2D eigenvalue weighted by atomic mass is 32.1. The van der Waals surface area contributed by atoms with Crippen LogP contribution in [0.5, 0.6) is 0 Å². The number of nitrogens with one attached hydrogen (secondary N) is 1. The van der Waals surface area contributed by atoms with Gasteiger partial charge in [0.05, 0.1) is 17.7 Å². The van der Waals surface area contributed by atoms with Crippen LogP contribution in [0.15, 0.2) is 11.6 Å². The predicted molar refractivity (Wildman–Crippen MR) is 57.2 cm³/mol. The van der Waals surface area contributed by atoms with Crippen LogP contribution in [0.4, 0.5) is 18.0 Å². The monoisotopic (exact) mass is 284 g/mol. The van der Waals surface area contributed by atoms with Gasteiger partial charge in [0.1, 0.15) is 0 Å². The van der Waals surface area contributed by atoms with Gasteiger partial charge in [0.25, 0.3) is 0 Å². The highest BCUT2D eigenvalue weighted by molar-refractivity contribution is 7.09. The Bertz CT molecular complexity index is 370. The average molecular weight is 284 g/mol. The molecule has 1 aromatic heterocycles. The minimum absolute atomic E-state index is 0.231. The van der Waals surface area contributed by atoms with Crippen molar-refractivity contribution in [2.45, 2.75) is 18.6 Å². The molecule has 0 aliphatic rings. The molecule has 0 bridgehead atoms. The molecule has 102 valence electrons. The number of halogens is 3. The third-order valence-electron chi connectivity index (χ3n) is 1.81. The number of aliphatic hydroxyl groups is 1. The van der Waals surface area contributed by atoms with Gasteiger partial charge < -0.3 is 15.2 Å². The lowest BCUT2D eigenvalue weighted by atomic mass is 10.2. The fraction of sp³-hybridized carbons (Fsp3) is 0.556. The zero-order valence-corrected chi connectivity index (χ0v) is 9.92. The normalized spacial score (nSPS) is 13.1. The number of carbonyl (C=O) groups is 1. The minimum Gasteiger partial charge on any atom is -0.440 e. The van der Waals surface area contributed by atoms with Crippen LogP contribution in [0, 0.1) is 0 Å². The highest BCUT2D eigenvalue weighted by Crippen LogP contribution is 2.14. The molecule has 2 N–H and O–H groups in total. The molecule has 1 heterocycles. The number of aliphatic hydroxyl groups excluding tert-OH is 1. The van der Waals surface area contributed by atoms with Gasteiger partial charge in [0, 0.05) is 18.0 Å². The van der Waals surface area contributed by atoms with Crippen LogP contribution in [-0.2, 0) is 11.2 Å². The van der Waals surface area contributed by atoms with Gasteiger partial charge in [-0.3, -0.25) is 0 Å². The van der Waals surface area contributed by atoms with Crippen LogP contribution in [0.1, 0.15) is 5.01 Å². The summed E-state index contributed by atoms with van der Waals surface area (Å²) in [6.45, 7) is -2.07. The first-order valence-corrected chi connectivity index (χ1v) is 5.78. The summed E-state index contributed by atoms with van der Waals surface area (Å²) >= 11 is 1.32. The van der Waals surface area contributed by atoms with Crippen molar-refractivity contribution in [3.05, 3.63) is 16.6 Å². The number of amides is 1. The second-order valence-corrected chi connectivity index (χ2v) is 4.32. The van der Waals surface area contributed by atoms with Crippen molar-refractivity contribution in [2.75, 3.05) is 13.2 Å². The number of rotatable bonds is 5. The Morgan fingerprint density at radius 3 is 2.83 bits per heavy atom. The van der Waals surface area contributed by atoms with Crippen LogP contribution >= 0.6 is 11.3 Å². The molecule has 0 aromatic carbocycles. The van der Waals surface area contributed by atoms with E-state index >= 15 is 0 Å². The van der Waals surface area contributed by atoms with E-state index in [1.165, 1.54) is 11.3 Å². The number of hydrogen-bond acceptors (Lipinski definition) is 5. The van der Waals surface area contributed by atoms with E-state index in [4.69, 9.17) is 5.11 Å². The smallest absolute Gasteiger partial charge is 0.422 e. The number of ether oxygens (including phenoxy) is 1. The number of aromatic nitrogens is 1. The van der Waals surface area contributed by atoms with Gasteiger partial charge in [-0.25, -0.2) is 9.78 Å². The largest absolute Gasteiger partial charge is 0.440 e. The van der Waals surface area contributed by atoms with Crippen LogP contribution in [0.25, 0.3) is 0 Å². The van der Waals surface area contributed by atoms with Crippen molar-refractivity contribution in [3.63, 3.8) is 0 Å². The van der Waals surface area contributed by atoms with E-state index in [0.29, 0.717) is 5.01 Å². The fourth-order valence-corrected chi connectivity index (χ4v) is 1.78. The molecule has 0 saturated carbocycles. The van der Waals surface area contributed by atoms with Gasteiger partial charge >= 0.3 is 12.3 Å². The minimum atomic E-state index is -4.57. The summed E-state index contributed by atoms with van der Waals surface area (Å²) in [5.41, 5.74) is 0. The lowest BCUT2D eigenvalue weighted by Gasteiger charge is -2.15. The summed E-state index contributed by atoms with van der Waals surface area (Å²) in [6.07, 6.45) is -4.00. The van der Waals surface area contributed by atoms with E-state index in [2.05, 4.69) is 15.0 Å². The maximum absolute atomic E-state index is 11.8. The number of carbonyl (C=O) groups excluding carboxylic acids is 1. The first kappa shape index (κ1) is 14.7. The highest BCUT2D eigenvalue weighted by Gasteiger charge is 2.30. The maximum Gasteiger partial charge on any atom is 0.422 e. The Kier molecular flexibility index (Phi) is 5.35. The summed E-state index contributed by atoms with van der Waals surface area (Å²) in [5, 5.41) is 13.5. The van der Waals surface area contributed by atoms with Gasteiger partial charge in [-0.2, -0.15) is 13.2 Å². The van der Waals surface area contributed by atoms with E-state index in [-0.39, 0.29) is 6.42 Å². The summed E-state index contributed by atoms with van der Waals surface area (Å²) < 4.78 is 39.3. The molecule has 1 rings (SSSR count). The Balaban J connectivity index is 2.36. The molecule has 5 nitrogen and oxygen atoms in total. The van der Waals surface area contributed by atoms with Crippen LogP contribution in [0.2, 0.25) is 0 Å². The van der Waals surface area contributed by atoms with Crippen LogP contribution in [0.3, 0.4) is 0 Å². The third-order valence-corrected chi connectivity index (χ3v) is 2.62. The quantitative estimate of drug-likeness (QED) is 0.856. The molecule has 0 aliphatic carbocycles. The molecule has 0 radical (unpaired) electrons. The lowest BCUT2D eigenvalue weighted by molar-refractivity contribution is -0.160. The number of hydrogen-bond donors (Lipinski definition) is 2. The maximum atomic E-state index is 11.8. The molecule has 0 saturated heterocycles. The molecule has 18 heavy (non-hydrogen) atoms. The van der Waals surface area contributed by atoms with E-state index < -0.39 is 31.5 Å². The van der Waals surface area contributed by atoms with Gasteiger partial charge in [-0.15, -0.1) is 11.3 Å². The molecular formula is C9H11F3N2O3S. The molecule has 1 aromatic rings. The molecule has 1 amide bonds. The van der Waals surface area contributed by atoms with E-state index in [0.717, 1.165) is 0 Å². The van der Waals surface area contributed by atoms with Gasteiger partial charge in [0.2, 0.25) is 0 Å². The van der Waals surface area contributed by atoms with Crippen LogP contribution < -0.4 is 5.32 Å². The number of thiazole rings is 1. The average Bonchev–Trinajstić information content (AvgIpc) is 2.77. The lowest BCUT2D eigenvalue weighted by Crippen LogP contribution is -2.40. The fourth-order valence-electron chi connectivity index (χ4n) is 1.08. The third kappa shape index (κ3) is 5.82. The van der Waals surface area contributed by atoms with Gasteiger partial charge in [0.15, 0.2) is 6.61 Å². The summed E-state index contributed by atoms with van der Waals surface area (Å²) in [5.74, 6) is 0. The van der Waals surface area contributed by atoms with Crippen molar-refractivity contribution in [1.29, 1.82) is 0 Å². The second kappa shape index (κ2) is 6.55. The van der Waals surface area contributed by atoms with Gasteiger partial charge in [-0.1, -0.05) is 0 Å². The first-order chi connectivity index (χ1) is 8.40. The molecule has 0 fully saturated rings. The summed E-state index contributed by atoms with van der Waals surface area (Å²) in [6, 6.07) is -0.725. The van der Waals surface area contributed by atoms with Gasteiger partial charge in [-0.05, 0) is 0 Å². The molecule has 0 aliphatic heterocycles. The van der Waals surface area contributed by atoms with Crippen molar-refractivity contribution >= 4 is 17.4 Å². The Labute approximate surface area is 105 Å². The van der Waals surface area contributed by atoms with E-state index in [9.17, 15) is 18.0 Å². The standard InChI is InChI=1S/C9H11F3N2O3S/c10-9(11,12)5-17-8(16)14-6(4-15)3-7-13-1-2-18-7/h1-2,6,15H,3-5H2,(H,14,16). The Morgan fingerprint density at radius 2 is 2.33 bits per heavy atom. The molecule has 0 spiro atoms. The van der Waals surface area contributed by atoms with E-state index in [1.54, 1.807) is 11.6 Å². The molecule has 1 unspecified atom stereocenters. The van der Waals surface area contributed by atoms with Crippen LogP contribution in [-0.4, -0.2) is 41.6 Å². The SMILES string of the molecule is O=C(NC(CO)Cc1nccs1)OCC(F)(F)F. The van der Waals surface area contributed by atoms with Crippen molar-refractivity contribution < 1.29 is 27.8 Å². The van der Waals surface area contributed by atoms with E-state index in [1.807, 2.05) is 0 Å². The summed E-state index contributed by atoms with van der Waals surface area (Å²) in [7, 11) is 0. The first-order valence-electron chi connectivity index (χ1n) is 4.90. The van der Waals surface area contributed by atoms with Crippen molar-refractivity contribution in [3.8, 4) is 0 Å². The zero-order valence-electron chi connectivity index (χ0n) is 9.11.